The van der Waals surface area contributed by atoms with Crippen molar-refractivity contribution in [3.05, 3.63) is 65.0 Å². The molecule has 1 aliphatic rings. The Balaban J connectivity index is 1.47. The molecule has 3 aromatic rings. The molecule has 0 saturated heterocycles. The number of carbonyl (C=O) groups is 3. The fourth-order valence-electron chi connectivity index (χ4n) is 4.64. The number of methoxy groups -OCH3 is 1. The summed E-state index contributed by atoms with van der Waals surface area (Å²) < 4.78 is 5.05. The lowest BCUT2D eigenvalue weighted by atomic mass is 9.88. The molecule has 0 bridgehead atoms. The molecule has 0 radical (unpaired) electrons. The van der Waals surface area contributed by atoms with Crippen LogP contribution in [0.3, 0.4) is 0 Å². The molecule has 1 fully saturated rings. The average molecular weight is 551 g/mol. The summed E-state index contributed by atoms with van der Waals surface area (Å²) in [6, 6.07) is 15.5. The Morgan fingerprint density at radius 3 is 2.47 bits per heavy atom. The molecule has 2 amide bonds. The lowest BCUT2D eigenvalue weighted by molar-refractivity contribution is -0.120. The van der Waals surface area contributed by atoms with E-state index in [1.165, 1.54) is 36.6 Å². The molecule has 6 nitrogen and oxygen atoms in total. The number of rotatable bonds is 9. The Bertz CT molecular complexity index is 1280. The van der Waals surface area contributed by atoms with Gasteiger partial charge in [0, 0.05) is 27.4 Å². The molecule has 1 heterocycles. The summed E-state index contributed by atoms with van der Waals surface area (Å²) in [5.41, 5.74) is 3.86. The van der Waals surface area contributed by atoms with Crippen molar-refractivity contribution in [1.82, 2.24) is 0 Å². The summed E-state index contributed by atoms with van der Waals surface area (Å²) in [6.07, 6.45) is 5.90. The summed E-state index contributed by atoms with van der Waals surface area (Å²) in [5.74, 6) is -0.515. The van der Waals surface area contributed by atoms with Crippen LogP contribution in [0.15, 0.2) is 58.8 Å². The molecule has 2 aromatic carbocycles. The van der Waals surface area contributed by atoms with E-state index in [1.807, 2.05) is 67.8 Å². The van der Waals surface area contributed by atoms with E-state index in [9.17, 15) is 14.4 Å². The predicted octanol–water partition coefficient (Wildman–Crippen LogP) is 7.54. The molecule has 200 valence electrons. The number of esters is 1. The van der Waals surface area contributed by atoms with Crippen molar-refractivity contribution in [3.63, 3.8) is 0 Å². The number of ether oxygens (including phenoxy) is 1. The van der Waals surface area contributed by atoms with Crippen LogP contribution in [0.1, 0.15) is 61.4 Å². The number of hydrogen-bond acceptors (Lipinski definition) is 6. The van der Waals surface area contributed by atoms with Gasteiger partial charge >= 0.3 is 5.97 Å². The number of thiophene rings is 1. The smallest absolute Gasteiger partial charge is 0.341 e. The maximum absolute atomic E-state index is 13.3. The average Bonchev–Trinajstić information content (AvgIpc) is 3.35. The number of hydrogen-bond donors (Lipinski definition) is 2. The van der Waals surface area contributed by atoms with Gasteiger partial charge in [-0.25, -0.2) is 4.79 Å². The topological polar surface area (TPSA) is 84.5 Å². The van der Waals surface area contributed by atoms with Crippen LogP contribution in [0.2, 0.25) is 0 Å². The van der Waals surface area contributed by atoms with Gasteiger partial charge in [-0.2, -0.15) is 0 Å². The van der Waals surface area contributed by atoms with Gasteiger partial charge in [0.2, 0.25) is 11.8 Å². The largest absolute Gasteiger partial charge is 0.465 e. The zero-order chi connectivity index (χ0) is 27.1. The highest BCUT2D eigenvalue weighted by molar-refractivity contribution is 8.00. The van der Waals surface area contributed by atoms with Gasteiger partial charge in [-0.05, 0) is 49.9 Å². The molecule has 2 N–H and O–H groups in total. The summed E-state index contributed by atoms with van der Waals surface area (Å²) >= 11 is 2.76. The van der Waals surface area contributed by atoms with Crippen LogP contribution in [0.5, 0.6) is 0 Å². The van der Waals surface area contributed by atoms with Crippen LogP contribution >= 0.6 is 23.1 Å². The van der Waals surface area contributed by atoms with Gasteiger partial charge < -0.3 is 15.4 Å². The monoisotopic (exact) mass is 550 g/mol. The van der Waals surface area contributed by atoms with Crippen molar-refractivity contribution in [2.45, 2.75) is 62.5 Å². The zero-order valence-electron chi connectivity index (χ0n) is 22.0. The molecule has 38 heavy (non-hydrogen) atoms. The minimum Gasteiger partial charge on any atom is -0.465 e. The van der Waals surface area contributed by atoms with Crippen molar-refractivity contribution in [2.75, 3.05) is 17.7 Å². The Morgan fingerprint density at radius 2 is 1.79 bits per heavy atom. The normalized spacial score (nSPS) is 14.5. The van der Waals surface area contributed by atoms with Gasteiger partial charge in [0.1, 0.15) is 10.6 Å². The van der Waals surface area contributed by atoms with E-state index in [-0.39, 0.29) is 23.0 Å². The van der Waals surface area contributed by atoms with Crippen molar-refractivity contribution < 1.29 is 19.1 Å². The number of thioether (sulfide) groups is 1. The van der Waals surface area contributed by atoms with E-state index in [0.29, 0.717) is 17.0 Å². The highest BCUT2D eigenvalue weighted by atomic mass is 32.2. The van der Waals surface area contributed by atoms with Gasteiger partial charge in [-0.1, -0.05) is 62.1 Å². The Labute approximate surface area is 232 Å². The third-order valence-corrected chi connectivity index (χ3v) is 9.05. The minimum atomic E-state index is -0.487. The summed E-state index contributed by atoms with van der Waals surface area (Å²) in [5, 5.41) is 8.01. The number of carbonyl (C=O) groups excluding carboxylic acids is 3. The Kier molecular flexibility index (Phi) is 9.63. The number of benzene rings is 2. The molecule has 1 aliphatic carbocycles. The lowest BCUT2D eigenvalue weighted by Crippen LogP contribution is -2.25. The second-order valence-corrected chi connectivity index (χ2v) is 11.7. The minimum absolute atomic E-state index is 0.0776. The molecule has 8 heteroatoms. The van der Waals surface area contributed by atoms with E-state index in [2.05, 4.69) is 10.6 Å². The van der Waals surface area contributed by atoms with E-state index in [4.69, 9.17) is 4.74 Å². The van der Waals surface area contributed by atoms with E-state index < -0.39 is 5.97 Å². The fourth-order valence-corrected chi connectivity index (χ4v) is 6.61. The van der Waals surface area contributed by atoms with Gasteiger partial charge in [0.05, 0.1) is 12.4 Å². The Hall–Kier alpha value is -3.10. The Morgan fingerprint density at radius 1 is 1.05 bits per heavy atom. The number of amides is 2. The first-order chi connectivity index (χ1) is 18.4. The number of aryl methyl sites for hydroxylation is 1. The summed E-state index contributed by atoms with van der Waals surface area (Å²) in [4.78, 5) is 39.6. The molecule has 1 atom stereocenters. The fraction of sp³-hybridized carbons (Fsp3) is 0.367. The summed E-state index contributed by atoms with van der Waals surface area (Å²) in [6.45, 7) is 3.96. The van der Waals surface area contributed by atoms with Crippen molar-refractivity contribution in [3.8, 4) is 11.1 Å². The third kappa shape index (κ3) is 6.85. The molecular formula is C30H34N2O4S2. The molecule has 4 rings (SSSR count). The van der Waals surface area contributed by atoms with Crippen LogP contribution in [-0.2, 0) is 14.3 Å². The van der Waals surface area contributed by atoms with Gasteiger partial charge in [-0.3, -0.25) is 9.59 Å². The third-order valence-electron chi connectivity index (χ3n) is 6.80. The maximum Gasteiger partial charge on any atom is 0.341 e. The van der Waals surface area contributed by atoms with Gasteiger partial charge in [0.15, 0.2) is 0 Å². The first-order valence-electron chi connectivity index (χ1n) is 13.0. The van der Waals surface area contributed by atoms with Crippen LogP contribution in [-0.4, -0.2) is 30.1 Å². The number of anilines is 2. The summed E-state index contributed by atoms with van der Waals surface area (Å²) in [7, 11) is 1.34. The maximum atomic E-state index is 13.3. The predicted molar refractivity (Wildman–Crippen MR) is 156 cm³/mol. The second-order valence-electron chi connectivity index (χ2n) is 9.57. The first-order valence-corrected chi connectivity index (χ1v) is 14.8. The first kappa shape index (κ1) is 27.9. The number of nitrogens with one attached hydrogen (secondary N) is 2. The SMILES string of the molecule is CCC(Sc1cccc(NC(=O)C2CCCCC2)c1)C(=O)Nc1scc(-c2ccc(C)cc2)c1C(=O)OC. The van der Waals surface area contributed by atoms with Crippen molar-refractivity contribution >= 4 is 51.6 Å². The quantitative estimate of drug-likeness (QED) is 0.212. The van der Waals surface area contributed by atoms with Crippen LogP contribution in [0.25, 0.3) is 11.1 Å². The van der Waals surface area contributed by atoms with E-state index >= 15 is 0 Å². The van der Waals surface area contributed by atoms with E-state index in [1.54, 1.807) is 0 Å². The molecule has 0 aliphatic heterocycles. The standard InChI is InChI=1S/C30H34N2O4S2/c1-4-25(38-23-12-8-11-22(17-23)31-27(33)21-9-6-5-7-10-21)28(34)32-29-26(30(35)36-3)24(18-37-29)20-15-13-19(2)14-16-20/h8,11-18,21,25H,4-7,9-10H2,1-3H3,(H,31,33)(H,32,34). The van der Waals surface area contributed by atoms with Gasteiger partial charge in [-0.15, -0.1) is 23.1 Å². The molecule has 1 saturated carbocycles. The van der Waals surface area contributed by atoms with Crippen LogP contribution < -0.4 is 10.6 Å². The molecule has 1 unspecified atom stereocenters. The van der Waals surface area contributed by atoms with Gasteiger partial charge in [0.25, 0.3) is 0 Å². The molecule has 0 spiro atoms. The molecule has 1 aromatic heterocycles. The zero-order valence-corrected chi connectivity index (χ0v) is 23.7. The van der Waals surface area contributed by atoms with Crippen LogP contribution in [0.4, 0.5) is 10.7 Å². The van der Waals surface area contributed by atoms with Crippen LogP contribution in [0, 0.1) is 12.8 Å². The lowest BCUT2D eigenvalue weighted by Gasteiger charge is -2.21. The van der Waals surface area contributed by atoms with Crippen molar-refractivity contribution in [1.29, 1.82) is 0 Å². The van der Waals surface area contributed by atoms with Crippen molar-refractivity contribution in [2.24, 2.45) is 5.92 Å². The molecular weight excluding hydrogens is 516 g/mol. The second kappa shape index (κ2) is 13.1. The highest BCUT2D eigenvalue weighted by Gasteiger charge is 2.26. The van der Waals surface area contributed by atoms with E-state index in [0.717, 1.165) is 53.0 Å². The highest BCUT2D eigenvalue weighted by Crippen LogP contribution is 2.37.